The molecule has 0 saturated heterocycles. The molecule has 0 amide bonds. The molecule has 2 aromatic carbocycles. The highest BCUT2D eigenvalue weighted by molar-refractivity contribution is 6.36. The molecule has 1 N–H and O–H groups in total. The van der Waals surface area contributed by atoms with Gasteiger partial charge >= 0.3 is 0 Å². The van der Waals surface area contributed by atoms with Crippen molar-refractivity contribution < 1.29 is 4.42 Å². The molecule has 2 heterocycles. The summed E-state index contributed by atoms with van der Waals surface area (Å²) in [4.78, 5) is 3.38. The molecule has 17 heavy (non-hydrogen) atoms. The second kappa shape index (κ2) is 3.05. The number of nitrogens with one attached hydrogen (secondary N) is 1. The Bertz CT molecular complexity index is 856. The third-order valence-electron chi connectivity index (χ3n) is 3.10. The molecule has 4 aromatic rings. The van der Waals surface area contributed by atoms with Gasteiger partial charge in [-0.05, 0) is 24.3 Å². The summed E-state index contributed by atoms with van der Waals surface area (Å²) >= 11 is 6.13. The number of aromatic amines is 1. The predicted octanol–water partition coefficient (Wildman–Crippen LogP) is 4.72. The molecule has 0 fully saturated rings. The lowest BCUT2D eigenvalue weighted by Crippen LogP contribution is -1.69. The van der Waals surface area contributed by atoms with Crippen LogP contribution < -0.4 is 0 Å². The Balaban J connectivity index is 2.33. The molecule has 0 bridgehead atoms. The molecule has 0 saturated carbocycles. The van der Waals surface area contributed by atoms with Crippen LogP contribution in [0.2, 0.25) is 5.02 Å². The van der Waals surface area contributed by atoms with E-state index in [-0.39, 0.29) is 0 Å². The van der Waals surface area contributed by atoms with Gasteiger partial charge in [0.1, 0.15) is 0 Å². The topological polar surface area (TPSA) is 28.9 Å². The molecule has 82 valence electrons. The quantitative estimate of drug-likeness (QED) is 0.474. The van der Waals surface area contributed by atoms with Crippen LogP contribution in [0.1, 0.15) is 0 Å². The van der Waals surface area contributed by atoms with Crippen LogP contribution in [-0.4, -0.2) is 4.98 Å². The first kappa shape index (κ1) is 9.14. The number of rotatable bonds is 0. The molecule has 4 rings (SSSR count). The van der Waals surface area contributed by atoms with Crippen LogP contribution in [0.3, 0.4) is 0 Å². The molecule has 2 nitrogen and oxygen atoms in total. The van der Waals surface area contributed by atoms with Gasteiger partial charge in [0, 0.05) is 16.3 Å². The maximum absolute atomic E-state index is 6.13. The average Bonchev–Trinajstić information content (AvgIpc) is 2.87. The van der Waals surface area contributed by atoms with E-state index in [1.54, 1.807) is 0 Å². The van der Waals surface area contributed by atoms with E-state index in [0.29, 0.717) is 5.02 Å². The molecule has 0 atom stereocenters. The van der Waals surface area contributed by atoms with Gasteiger partial charge < -0.3 is 9.40 Å². The van der Waals surface area contributed by atoms with Crippen molar-refractivity contribution in [3.8, 4) is 0 Å². The largest absolute Gasteiger partial charge is 0.452 e. The van der Waals surface area contributed by atoms with Crippen molar-refractivity contribution in [3.05, 3.63) is 47.5 Å². The van der Waals surface area contributed by atoms with E-state index in [0.717, 1.165) is 33.0 Å². The Labute approximate surface area is 102 Å². The smallest absolute Gasteiger partial charge is 0.161 e. The number of hydrogen-bond donors (Lipinski definition) is 1. The van der Waals surface area contributed by atoms with Crippen LogP contribution in [0, 0.1) is 0 Å². The first-order chi connectivity index (χ1) is 8.34. The lowest BCUT2D eigenvalue weighted by atomic mass is 10.2. The highest BCUT2D eigenvalue weighted by Gasteiger charge is 2.13. The highest BCUT2D eigenvalue weighted by Crippen LogP contribution is 2.36. The van der Waals surface area contributed by atoms with Gasteiger partial charge in [-0.15, -0.1) is 0 Å². The van der Waals surface area contributed by atoms with Gasteiger partial charge in [0.2, 0.25) is 0 Å². The van der Waals surface area contributed by atoms with Gasteiger partial charge in [0.15, 0.2) is 11.2 Å². The minimum absolute atomic E-state index is 0.649. The number of aromatic nitrogens is 1. The van der Waals surface area contributed by atoms with E-state index in [4.69, 9.17) is 16.0 Å². The molecular formula is C14H8ClNO. The standard InChI is InChI=1S/C14H8ClNO/c15-10-6-3-5-9-12-14(17-13(9)10)8-4-1-2-7-11(8)16-12/h1-7,16H. The maximum atomic E-state index is 6.13. The van der Waals surface area contributed by atoms with Crippen molar-refractivity contribution in [2.24, 2.45) is 0 Å². The number of H-pyrrole nitrogens is 1. The molecular weight excluding hydrogens is 234 g/mol. The summed E-state index contributed by atoms with van der Waals surface area (Å²) in [5.74, 6) is 0. The first-order valence-electron chi connectivity index (χ1n) is 5.42. The number of fused-ring (bicyclic) bond motifs is 5. The Kier molecular flexibility index (Phi) is 1.64. The molecule has 0 aliphatic heterocycles. The normalized spacial score (nSPS) is 11.8. The summed E-state index contributed by atoms with van der Waals surface area (Å²) in [5, 5.41) is 2.77. The van der Waals surface area contributed by atoms with Gasteiger partial charge in [0.05, 0.1) is 10.5 Å². The van der Waals surface area contributed by atoms with Gasteiger partial charge in [-0.3, -0.25) is 0 Å². The lowest BCUT2D eigenvalue weighted by Gasteiger charge is -1.91. The maximum Gasteiger partial charge on any atom is 0.161 e. The van der Waals surface area contributed by atoms with Crippen LogP contribution in [0.25, 0.3) is 33.0 Å². The summed E-state index contributed by atoms with van der Waals surface area (Å²) in [6.45, 7) is 0. The first-order valence-corrected chi connectivity index (χ1v) is 5.80. The fourth-order valence-corrected chi connectivity index (χ4v) is 2.54. The summed E-state index contributed by atoms with van der Waals surface area (Å²) in [7, 11) is 0. The van der Waals surface area contributed by atoms with Crippen molar-refractivity contribution in [1.29, 1.82) is 0 Å². The van der Waals surface area contributed by atoms with Crippen LogP contribution in [0.15, 0.2) is 46.9 Å². The zero-order valence-corrected chi connectivity index (χ0v) is 9.58. The van der Waals surface area contributed by atoms with Crippen LogP contribution in [0.4, 0.5) is 0 Å². The third-order valence-corrected chi connectivity index (χ3v) is 3.40. The third kappa shape index (κ3) is 1.10. The predicted molar refractivity (Wildman–Crippen MR) is 70.6 cm³/mol. The number of para-hydroxylation sites is 2. The fourth-order valence-electron chi connectivity index (χ4n) is 2.32. The minimum Gasteiger partial charge on any atom is -0.452 e. The van der Waals surface area contributed by atoms with Gasteiger partial charge in [0.25, 0.3) is 0 Å². The van der Waals surface area contributed by atoms with Crippen LogP contribution >= 0.6 is 11.6 Å². The molecule has 0 aliphatic carbocycles. The summed E-state index contributed by atoms with van der Waals surface area (Å²) in [6, 6.07) is 13.9. The van der Waals surface area contributed by atoms with E-state index in [1.807, 2.05) is 42.5 Å². The van der Waals surface area contributed by atoms with Crippen molar-refractivity contribution >= 4 is 44.6 Å². The zero-order valence-electron chi connectivity index (χ0n) is 8.83. The van der Waals surface area contributed by atoms with Gasteiger partial charge in [-0.1, -0.05) is 29.8 Å². The van der Waals surface area contributed by atoms with E-state index < -0.39 is 0 Å². The Morgan fingerprint density at radius 3 is 2.65 bits per heavy atom. The number of hydrogen-bond acceptors (Lipinski definition) is 1. The van der Waals surface area contributed by atoms with Crippen molar-refractivity contribution in [2.75, 3.05) is 0 Å². The van der Waals surface area contributed by atoms with Crippen LogP contribution in [-0.2, 0) is 0 Å². The molecule has 0 unspecified atom stereocenters. The van der Waals surface area contributed by atoms with Crippen molar-refractivity contribution in [1.82, 2.24) is 4.98 Å². The Morgan fingerprint density at radius 1 is 0.882 bits per heavy atom. The Morgan fingerprint density at radius 2 is 1.71 bits per heavy atom. The van der Waals surface area contributed by atoms with Crippen molar-refractivity contribution in [2.45, 2.75) is 0 Å². The Hall–Kier alpha value is -1.93. The highest BCUT2D eigenvalue weighted by atomic mass is 35.5. The van der Waals surface area contributed by atoms with E-state index in [2.05, 4.69) is 4.98 Å². The van der Waals surface area contributed by atoms with Gasteiger partial charge in [-0.25, -0.2) is 0 Å². The minimum atomic E-state index is 0.649. The lowest BCUT2D eigenvalue weighted by molar-refractivity contribution is 0.673. The second-order valence-corrected chi connectivity index (χ2v) is 4.50. The summed E-state index contributed by atoms with van der Waals surface area (Å²) in [6.07, 6.45) is 0. The van der Waals surface area contributed by atoms with Crippen LogP contribution in [0.5, 0.6) is 0 Å². The number of furan rings is 1. The zero-order chi connectivity index (χ0) is 11.4. The number of benzene rings is 2. The molecule has 3 heteroatoms. The van der Waals surface area contributed by atoms with Gasteiger partial charge in [-0.2, -0.15) is 0 Å². The monoisotopic (exact) mass is 241 g/mol. The summed E-state index contributed by atoms with van der Waals surface area (Å²) < 4.78 is 5.87. The second-order valence-electron chi connectivity index (χ2n) is 4.09. The molecule has 0 spiro atoms. The van der Waals surface area contributed by atoms with Crippen molar-refractivity contribution in [3.63, 3.8) is 0 Å². The average molecular weight is 242 g/mol. The fraction of sp³-hybridized carbons (Fsp3) is 0. The van der Waals surface area contributed by atoms with E-state index >= 15 is 0 Å². The number of halogens is 1. The van der Waals surface area contributed by atoms with E-state index in [1.165, 1.54) is 0 Å². The molecule has 2 aromatic heterocycles. The summed E-state index contributed by atoms with van der Waals surface area (Å²) in [5.41, 5.74) is 3.73. The SMILES string of the molecule is Clc1cccc2c1oc1c3ccccc3[nH]c21. The molecule has 0 radical (unpaired) electrons. The van der Waals surface area contributed by atoms with E-state index in [9.17, 15) is 0 Å². The molecule has 0 aliphatic rings.